The fourth-order valence-corrected chi connectivity index (χ4v) is 3.52. The Kier molecular flexibility index (Phi) is 5.80. The van der Waals surface area contributed by atoms with Crippen molar-refractivity contribution in [2.24, 2.45) is 0 Å². The molecule has 0 fully saturated rings. The normalized spacial score (nSPS) is 10.5. The van der Waals surface area contributed by atoms with Crippen LogP contribution in [0.5, 0.6) is 5.75 Å². The highest BCUT2D eigenvalue weighted by Gasteiger charge is 2.12. The summed E-state index contributed by atoms with van der Waals surface area (Å²) in [5, 5.41) is 1.01. The standard InChI is InChI=1S/C19H19N3O3S/c1-25-15-9-4-2-7-13(15)19(24)22-21-17(23)11-6-12-18-20-14-8-3-5-10-16(14)26-18/h2-5,7-10H,6,11-12H2,1H3,(H,21,23)(H,22,24). The fourth-order valence-electron chi connectivity index (χ4n) is 2.52. The second-order valence-electron chi connectivity index (χ2n) is 5.63. The summed E-state index contributed by atoms with van der Waals surface area (Å²) >= 11 is 1.64. The summed E-state index contributed by atoms with van der Waals surface area (Å²) in [4.78, 5) is 28.6. The average molecular weight is 369 g/mol. The van der Waals surface area contributed by atoms with Crippen LogP contribution < -0.4 is 15.6 Å². The van der Waals surface area contributed by atoms with Gasteiger partial charge in [-0.3, -0.25) is 20.4 Å². The van der Waals surface area contributed by atoms with Crippen LogP contribution >= 0.6 is 11.3 Å². The number of para-hydroxylation sites is 2. The van der Waals surface area contributed by atoms with Gasteiger partial charge in [-0.1, -0.05) is 24.3 Å². The van der Waals surface area contributed by atoms with Crippen LogP contribution in [0.15, 0.2) is 48.5 Å². The van der Waals surface area contributed by atoms with E-state index in [9.17, 15) is 9.59 Å². The van der Waals surface area contributed by atoms with E-state index in [1.807, 2.05) is 24.3 Å². The summed E-state index contributed by atoms with van der Waals surface area (Å²) in [7, 11) is 1.49. The number of aryl methyl sites for hydroxylation is 1. The number of fused-ring (bicyclic) bond motifs is 1. The number of hydrazine groups is 1. The van der Waals surface area contributed by atoms with Gasteiger partial charge in [-0.05, 0) is 37.1 Å². The molecule has 0 bridgehead atoms. The molecule has 0 atom stereocenters. The molecule has 1 heterocycles. The third-order valence-corrected chi connectivity index (χ3v) is 4.90. The van der Waals surface area contributed by atoms with Crippen molar-refractivity contribution >= 4 is 33.4 Å². The van der Waals surface area contributed by atoms with Gasteiger partial charge in [-0.25, -0.2) is 4.98 Å². The van der Waals surface area contributed by atoms with Gasteiger partial charge in [-0.2, -0.15) is 0 Å². The zero-order chi connectivity index (χ0) is 18.4. The molecule has 0 aliphatic carbocycles. The van der Waals surface area contributed by atoms with Crippen molar-refractivity contribution in [1.82, 2.24) is 15.8 Å². The lowest BCUT2D eigenvalue weighted by Crippen LogP contribution is -2.41. The van der Waals surface area contributed by atoms with Gasteiger partial charge < -0.3 is 4.74 Å². The fraction of sp³-hybridized carbons (Fsp3) is 0.211. The van der Waals surface area contributed by atoms with Crippen molar-refractivity contribution in [3.05, 3.63) is 59.1 Å². The maximum atomic E-state index is 12.1. The SMILES string of the molecule is COc1ccccc1C(=O)NNC(=O)CCCc1nc2ccccc2s1. The molecule has 0 radical (unpaired) electrons. The Hall–Kier alpha value is -2.93. The van der Waals surface area contributed by atoms with E-state index in [4.69, 9.17) is 4.74 Å². The number of nitrogens with one attached hydrogen (secondary N) is 2. The highest BCUT2D eigenvalue weighted by molar-refractivity contribution is 7.18. The van der Waals surface area contributed by atoms with E-state index in [2.05, 4.69) is 15.8 Å². The Balaban J connectivity index is 1.44. The van der Waals surface area contributed by atoms with Gasteiger partial charge in [0.05, 0.1) is 27.9 Å². The van der Waals surface area contributed by atoms with Crippen LogP contribution in [-0.4, -0.2) is 23.9 Å². The minimum absolute atomic E-state index is 0.241. The number of ether oxygens (including phenoxy) is 1. The van der Waals surface area contributed by atoms with E-state index in [0.717, 1.165) is 21.6 Å². The van der Waals surface area contributed by atoms with Crippen molar-refractivity contribution in [2.75, 3.05) is 7.11 Å². The largest absolute Gasteiger partial charge is 0.496 e. The molecular weight excluding hydrogens is 350 g/mol. The lowest BCUT2D eigenvalue weighted by Gasteiger charge is -2.10. The first-order valence-corrected chi connectivity index (χ1v) is 9.05. The van der Waals surface area contributed by atoms with Crippen molar-refractivity contribution < 1.29 is 14.3 Å². The quantitative estimate of drug-likeness (QED) is 0.655. The van der Waals surface area contributed by atoms with Gasteiger partial charge in [0.1, 0.15) is 5.75 Å². The predicted octanol–water partition coefficient (Wildman–Crippen LogP) is 3.09. The molecule has 0 unspecified atom stereocenters. The monoisotopic (exact) mass is 369 g/mol. The van der Waals surface area contributed by atoms with Gasteiger partial charge in [0.25, 0.3) is 5.91 Å². The Morgan fingerprint density at radius 2 is 1.85 bits per heavy atom. The zero-order valence-electron chi connectivity index (χ0n) is 14.3. The molecule has 3 aromatic rings. The minimum Gasteiger partial charge on any atom is -0.496 e. The molecule has 0 aliphatic heterocycles. The number of nitrogens with zero attached hydrogens (tertiary/aromatic N) is 1. The maximum absolute atomic E-state index is 12.1. The Morgan fingerprint density at radius 1 is 1.08 bits per heavy atom. The van der Waals surface area contributed by atoms with E-state index in [1.54, 1.807) is 35.6 Å². The van der Waals surface area contributed by atoms with Crippen LogP contribution in [-0.2, 0) is 11.2 Å². The topological polar surface area (TPSA) is 80.3 Å². The van der Waals surface area contributed by atoms with Gasteiger partial charge >= 0.3 is 0 Å². The summed E-state index contributed by atoms with van der Waals surface area (Å²) in [6.07, 6.45) is 1.70. The van der Waals surface area contributed by atoms with E-state index in [0.29, 0.717) is 24.2 Å². The van der Waals surface area contributed by atoms with Gasteiger partial charge in [-0.15, -0.1) is 11.3 Å². The number of carbonyl (C=O) groups is 2. The molecule has 2 aromatic carbocycles. The third-order valence-electron chi connectivity index (χ3n) is 3.80. The van der Waals surface area contributed by atoms with E-state index in [-0.39, 0.29) is 5.91 Å². The molecule has 7 heteroatoms. The summed E-state index contributed by atoms with van der Waals surface area (Å²) in [6.45, 7) is 0. The average Bonchev–Trinajstić information content (AvgIpc) is 3.08. The van der Waals surface area contributed by atoms with Crippen LogP contribution in [0.1, 0.15) is 28.2 Å². The summed E-state index contributed by atoms with van der Waals surface area (Å²) in [5.41, 5.74) is 6.20. The molecule has 0 aliphatic rings. The molecule has 0 saturated heterocycles. The number of thiazole rings is 1. The van der Waals surface area contributed by atoms with Crippen molar-refractivity contribution in [2.45, 2.75) is 19.3 Å². The smallest absolute Gasteiger partial charge is 0.273 e. The second kappa shape index (κ2) is 8.44. The molecule has 3 rings (SSSR count). The third kappa shape index (κ3) is 4.37. The van der Waals surface area contributed by atoms with Gasteiger partial charge in [0, 0.05) is 6.42 Å². The predicted molar refractivity (Wildman–Crippen MR) is 101 cm³/mol. The zero-order valence-corrected chi connectivity index (χ0v) is 15.1. The molecule has 134 valence electrons. The summed E-state index contributed by atoms with van der Waals surface area (Å²) < 4.78 is 6.28. The van der Waals surface area contributed by atoms with Crippen LogP contribution in [0, 0.1) is 0 Å². The Bertz CT molecular complexity index is 890. The molecular formula is C19H19N3O3S. The number of rotatable bonds is 6. The number of hydrogen-bond acceptors (Lipinski definition) is 5. The number of benzene rings is 2. The first-order valence-electron chi connectivity index (χ1n) is 8.24. The molecule has 26 heavy (non-hydrogen) atoms. The van der Waals surface area contributed by atoms with Crippen molar-refractivity contribution in [3.8, 4) is 5.75 Å². The molecule has 0 spiro atoms. The minimum atomic E-state index is -0.415. The number of carbonyl (C=O) groups excluding carboxylic acids is 2. The summed E-state index contributed by atoms with van der Waals surface area (Å²) in [6, 6.07) is 14.8. The molecule has 2 N–H and O–H groups in total. The lowest BCUT2D eigenvalue weighted by atomic mass is 10.2. The first-order chi connectivity index (χ1) is 12.7. The van der Waals surface area contributed by atoms with E-state index in [1.165, 1.54) is 7.11 Å². The number of aromatic nitrogens is 1. The van der Waals surface area contributed by atoms with Crippen LogP contribution in [0.3, 0.4) is 0 Å². The van der Waals surface area contributed by atoms with Gasteiger partial charge in [0.2, 0.25) is 5.91 Å². The lowest BCUT2D eigenvalue weighted by molar-refractivity contribution is -0.121. The number of methoxy groups -OCH3 is 1. The van der Waals surface area contributed by atoms with Crippen molar-refractivity contribution in [3.63, 3.8) is 0 Å². The van der Waals surface area contributed by atoms with Crippen LogP contribution in [0.4, 0.5) is 0 Å². The second-order valence-corrected chi connectivity index (χ2v) is 6.75. The van der Waals surface area contributed by atoms with Crippen LogP contribution in [0.25, 0.3) is 10.2 Å². The summed E-state index contributed by atoms with van der Waals surface area (Å²) in [5.74, 6) is -0.202. The Labute approximate surface area is 155 Å². The highest BCUT2D eigenvalue weighted by atomic mass is 32.1. The Morgan fingerprint density at radius 3 is 2.65 bits per heavy atom. The molecule has 2 amide bonds. The number of amides is 2. The molecule has 0 saturated carbocycles. The van der Waals surface area contributed by atoms with E-state index >= 15 is 0 Å². The van der Waals surface area contributed by atoms with Gasteiger partial charge in [0.15, 0.2) is 0 Å². The first kappa shape index (κ1) is 17.9. The van der Waals surface area contributed by atoms with Crippen LogP contribution in [0.2, 0.25) is 0 Å². The number of hydrogen-bond donors (Lipinski definition) is 2. The maximum Gasteiger partial charge on any atom is 0.273 e. The molecule has 6 nitrogen and oxygen atoms in total. The van der Waals surface area contributed by atoms with E-state index < -0.39 is 5.91 Å². The van der Waals surface area contributed by atoms with Crippen molar-refractivity contribution in [1.29, 1.82) is 0 Å². The highest BCUT2D eigenvalue weighted by Crippen LogP contribution is 2.22. The molecule has 1 aromatic heterocycles.